The van der Waals surface area contributed by atoms with Crippen LogP contribution in [0.25, 0.3) is 0 Å². The normalized spacial score (nSPS) is 11.1. The van der Waals surface area contributed by atoms with Gasteiger partial charge in [-0.2, -0.15) is 4.98 Å². The molecule has 0 saturated heterocycles. The number of hydrogen-bond acceptors (Lipinski definition) is 9. The van der Waals surface area contributed by atoms with Gasteiger partial charge in [-0.3, -0.25) is 4.72 Å². The third kappa shape index (κ3) is 5.18. The highest BCUT2D eigenvalue weighted by Crippen LogP contribution is 2.40. The summed E-state index contributed by atoms with van der Waals surface area (Å²) in [6.45, 7) is 2.76. The molecule has 1 heterocycles. The summed E-state index contributed by atoms with van der Waals surface area (Å²) in [5.74, 6) is 0.295. The Balaban J connectivity index is 2.11. The summed E-state index contributed by atoms with van der Waals surface area (Å²) in [4.78, 5) is 8.23. The molecule has 11 heteroatoms. The molecule has 1 aromatic heterocycles. The molecule has 3 aromatic rings. The molecule has 0 aliphatic carbocycles. The number of aromatic hydroxyl groups is 1. The number of aliphatic hydroxyl groups excluding tert-OH is 1. The summed E-state index contributed by atoms with van der Waals surface area (Å²) in [5, 5.41) is 18.9. The third-order valence-electron chi connectivity index (χ3n) is 4.25. The van der Waals surface area contributed by atoms with Gasteiger partial charge in [0.1, 0.15) is 18.2 Å². The van der Waals surface area contributed by atoms with E-state index in [1.54, 1.807) is 38.1 Å². The Hall–Kier alpha value is -3.57. The topological polar surface area (TPSA) is 140 Å². The van der Waals surface area contributed by atoms with Gasteiger partial charge in [0, 0.05) is 6.07 Å². The van der Waals surface area contributed by atoms with Gasteiger partial charge in [-0.25, -0.2) is 13.4 Å². The highest BCUT2D eigenvalue weighted by atomic mass is 32.2. The predicted molar refractivity (Wildman–Crippen MR) is 116 cm³/mol. The van der Waals surface area contributed by atoms with E-state index in [2.05, 4.69) is 14.7 Å². The first-order valence-corrected chi connectivity index (χ1v) is 11.0. The molecule has 3 N–H and O–H groups in total. The van der Waals surface area contributed by atoms with E-state index in [1.165, 1.54) is 19.2 Å². The number of nitrogens with one attached hydrogen (secondary N) is 1. The Kier molecular flexibility index (Phi) is 7.01. The van der Waals surface area contributed by atoms with E-state index in [0.29, 0.717) is 11.3 Å². The SMILES string of the molecule is COc1ccccc1Oc1c(NS(=O)(=O)c2cc(O)ccc2C)nc(C)nc1OCCO. The number of phenolic OH excluding ortho intramolecular Hbond substituents is 1. The van der Waals surface area contributed by atoms with Crippen molar-refractivity contribution in [1.29, 1.82) is 0 Å². The molecule has 10 nitrogen and oxygen atoms in total. The highest BCUT2D eigenvalue weighted by molar-refractivity contribution is 7.92. The second-order valence-corrected chi connectivity index (χ2v) is 8.28. The van der Waals surface area contributed by atoms with Crippen LogP contribution in [0.4, 0.5) is 5.82 Å². The van der Waals surface area contributed by atoms with Crippen molar-refractivity contribution in [3.8, 4) is 28.9 Å². The Morgan fingerprint density at radius 1 is 1.06 bits per heavy atom. The number of rotatable bonds is 9. The number of aromatic nitrogens is 2. The van der Waals surface area contributed by atoms with Gasteiger partial charge in [0.05, 0.1) is 18.6 Å². The average Bonchev–Trinajstić information content (AvgIpc) is 2.75. The van der Waals surface area contributed by atoms with E-state index in [9.17, 15) is 13.5 Å². The Labute approximate surface area is 185 Å². The molecule has 0 amide bonds. The zero-order valence-corrected chi connectivity index (χ0v) is 18.5. The molecule has 0 bridgehead atoms. The molecular formula is C21H23N3O7S. The molecule has 0 saturated carbocycles. The molecule has 0 radical (unpaired) electrons. The molecule has 0 aliphatic heterocycles. The number of sulfonamides is 1. The first-order chi connectivity index (χ1) is 15.2. The molecule has 170 valence electrons. The molecule has 0 aliphatic rings. The Morgan fingerprint density at radius 2 is 1.78 bits per heavy atom. The van der Waals surface area contributed by atoms with Crippen molar-refractivity contribution in [3.63, 3.8) is 0 Å². The van der Waals surface area contributed by atoms with Crippen LogP contribution in [0.15, 0.2) is 47.4 Å². The lowest BCUT2D eigenvalue weighted by Gasteiger charge is -2.18. The summed E-state index contributed by atoms with van der Waals surface area (Å²) in [6.07, 6.45) is 0. The number of anilines is 1. The summed E-state index contributed by atoms with van der Waals surface area (Å²) in [6, 6.07) is 10.7. The molecule has 32 heavy (non-hydrogen) atoms. The van der Waals surface area contributed by atoms with E-state index in [4.69, 9.17) is 19.3 Å². The molecular weight excluding hydrogens is 438 g/mol. The van der Waals surface area contributed by atoms with Crippen molar-refractivity contribution >= 4 is 15.8 Å². The van der Waals surface area contributed by atoms with E-state index in [1.807, 2.05) is 0 Å². The van der Waals surface area contributed by atoms with Crippen LogP contribution in [0, 0.1) is 13.8 Å². The maximum Gasteiger partial charge on any atom is 0.263 e. The summed E-state index contributed by atoms with van der Waals surface area (Å²) in [7, 11) is -2.70. The lowest BCUT2D eigenvalue weighted by Crippen LogP contribution is -2.17. The third-order valence-corrected chi connectivity index (χ3v) is 5.73. The first-order valence-electron chi connectivity index (χ1n) is 9.50. The highest BCUT2D eigenvalue weighted by Gasteiger charge is 2.25. The number of nitrogens with zero attached hydrogens (tertiary/aromatic N) is 2. The largest absolute Gasteiger partial charge is 0.508 e. The van der Waals surface area contributed by atoms with Gasteiger partial charge in [0.2, 0.25) is 5.75 Å². The fraction of sp³-hybridized carbons (Fsp3) is 0.238. The minimum atomic E-state index is -4.17. The van der Waals surface area contributed by atoms with Gasteiger partial charge >= 0.3 is 0 Å². The summed E-state index contributed by atoms with van der Waals surface area (Å²) < 4.78 is 45.3. The van der Waals surface area contributed by atoms with Crippen LogP contribution in [0.3, 0.4) is 0 Å². The van der Waals surface area contributed by atoms with Crippen LogP contribution >= 0.6 is 0 Å². The Morgan fingerprint density at radius 3 is 2.47 bits per heavy atom. The fourth-order valence-electron chi connectivity index (χ4n) is 2.81. The minimum absolute atomic E-state index is 0.0669. The summed E-state index contributed by atoms with van der Waals surface area (Å²) >= 11 is 0. The number of hydrogen-bond donors (Lipinski definition) is 3. The number of benzene rings is 2. The monoisotopic (exact) mass is 461 g/mol. The predicted octanol–water partition coefficient (Wildman–Crippen LogP) is 2.77. The standard InChI is InChI=1S/C21H23N3O7S/c1-13-8-9-15(26)12-18(13)32(27,28)24-20-19(21(30-11-10-25)23-14(2)22-20)31-17-7-5-4-6-16(17)29-3/h4-9,12,25-26H,10-11H2,1-3H3,(H,22,23,24). The van der Waals surface area contributed by atoms with Crippen molar-refractivity contribution in [2.75, 3.05) is 25.0 Å². The molecule has 0 fully saturated rings. The number of ether oxygens (including phenoxy) is 3. The molecule has 2 aromatic carbocycles. The molecule has 0 unspecified atom stereocenters. The quantitative estimate of drug-likeness (QED) is 0.439. The van der Waals surface area contributed by atoms with E-state index in [-0.39, 0.29) is 52.9 Å². The van der Waals surface area contributed by atoms with Gasteiger partial charge in [-0.1, -0.05) is 18.2 Å². The van der Waals surface area contributed by atoms with Crippen LogP contribution in [0.5, 0.6) is 28.9 Å². The van der Waals surface area contributed by atoms with E-state index >= 15 is 0 Å². The van der Waals surface area contributed by atoms with Crippen molar-refractivity contribution in [1.82, 2.24) is 9.97 Å². The van der Waals surface area contributed by atoms with Crippen molar-refractivity contribution in [2.45, 2.75) is 18.7 Å². The number of aryl methyl sites for hydroxylation is 2. The number of phenols is 1. The van der Waals surface area contributed by atoms with Crippen molar-refractivity contribution < 1.29 is 32.8 Å². The van der Waals surface area contributed by atoms with Crippen molar-refractivity contribution in [2.24, 2.45) is 0 Å². The molecule has 0 atom stereocenters. The molecule has 0 spiro atoms. The Bertz CT molecular complexity index is 1220. The zero-order valence-electron chi connectivity index (χ0n) is 17.7. The van der Waals surface area contributed by atoms with Crippen LogP contribution in [-0.2, 0) is 10.0 Å². The molecule has 3 rings (SSSR count). The van der Waals surface area contributed by atoms with Crippen molar-refractivity contribution in [3.05, 3.63) is 53.9 Å². The number of para-hydroxylation sites is 2. The fourth-order valence-corrected chi connectivity index (χ4v) is 4.08. The van der Waals surface area contributed by atoms with Crippen LogP contribution in [-0.4, -0.2) is 48.9 Å². The lowest BCUT2D eigenvalue weighted by atomic mass is 10.2. The van der Waals surface area contributed by atoms with Gasteiger partial charge in [-0.15, -0.1) is 0 Å². The second-order valence-electron chi connectivity index (χ2n) is 6.63. The second kappa shape index (κ2) is 9.71. The van der Waals surface area contributed by atoms with Crippen LogP contribution in [0.2, 0.25) is 0 Å². The number of methoxy groups -OCH3 is 1. The van der Waals surface area contributed by atoms with Gasteiger partial charge in [-0.05, 0) is 37.6 Å². The van der Waals surface area contributed by atoms with Crippen LogP contribution < -0.4 is 18.9 Å². The van der Waals surface area contributed by atoms with Gasteiger partial charge in [0.15, 0.2) is 17.3 Å². The maximum absolute atomic E-state index is 13.1. The smallest absolute Gasteiger partial charge is 0.263 e. The lowest BCUT2D eigenvalue weighted by molar-refractivity contribution is 0.192. The van der Waals surface area contributed by atoms with Crippen LogP contribution in [0.1, 0.15) is 11.4 Å². The van der Waals surface area contributed by atoms with E-state index in [0.717, 1.165) is 6.07 Å². The summed E-state index contributed by atoms with van der Waals surface area (Å²) in [5.41, 5.74) is 0.421. The maximum atomic E-state index is 13.1. The minimum Gasteiger partial charge on any atom is -0.508 e. The van der Waals surface area contributed by atoms with Gasteiger partial charge < -0.3 is 24.4 Å². The van der Waals surface area contributed by atoms with E-state index < -0.39 is 10.0 Å². The first kappa shape index (κ1) is 23.1. The van der Waals surface area contributed by atoms with Gasteiger partial charge in [0.25, 0.3) is 15.9 Å². The zero-order chi connectivity index (χ0) is 23.3. The number of aliphatic hydroxyl groups is 1. The average molecular weight is 461 g/mol.